The molecule has 156 valence electrons. The van der Waals surface area contributed by atoms with Crippen molar-refractivity contribution in [1.82, 2.24) is 15.2 Å². The molecule has 0 radical (unpaired) electrons. The molecule has 6 nitrogen and oxygen atoms in total. The Bertz CT molecular complexity index is 1200. The molecule has 1 N–H and O–H groups in total. The van der Waals surface area contributed by atoms with Crippen molar-refractivity contribution in [2.24, 2.45) is 0 Å². The Morgan fingerprint density at radius 3 is 2.71 bits per heavy atom. The van der Waals surface area contributed by atoms with Crippen molar-refractivity contribution in [2.75, 3.05) is 6.54 Å². The van der Waals surface area contributed by atoms with Gasteiger partial charge in [-0.1, -0.05) is 30.3 Å². The fourth-order valence-electron chi connectivity index (χ4n) is 3.89. The summed E-state index contributed by atoms with van der Waals surface area (Å²) in [6.45, 7) is 0.863. The van der Waals surface area contributed by atoms with Gasteiger partial charge in [-0.2, -0.15) is 0 Å². The predicted octanol–water partition coefficient (Wildman–Crippen LogP) is 4.48. The zero-order valence-corrected chi connectivity index (χ0v) is 17.6. The van der Waals surface area contributed by atoms with E-state index in [1.54, 1.807) is 28.4 Å². The molecular weight excluding hydrogens is 410 g/mol. The number of rotatable bonds is 5. The minimum absolute atomic E-state index is 0.102. The van der Waals surface area contributed by atoms with E-state index in [1.807, 2.05) is 54.6 Å². The van der Waals surface area contributed by atoms with Crippen molar-refractivity contribution >= 4 is 33.4 Å². The number of hydrogen-bond acceptors (Lipinski definition) is 5. The fourth-order valence-corrected chi connectivity index (χ4v) is 4.81. The molecule has 1 fully saturated rings. The van der Waals surface area contributed by atoms with E-state index in [2.05, 4.69) is 10.3 Å². The summed E-state index contributed by atoms with van der Waals surface area (Å²) in [5, 5.41) is 3.74. The van der Waals surface area contributed by atoms with Gasteiger partial charge in [-0.25, -0.2) is 4.98 Å². The number of hydrogen-bond donors (Lipinski definition) is 1. The van der Waals surface area contributed by atoms with Gasteiger partial charge in [-0.15, -0.1) is 11.3 Å². The molecular formula is C24H21N3O3S. The third-order valence-corrected chi connectivity index (χ3v) is 6.49. The van der Waals surface area contributed by atoms with Gasteiger partial charge in [0.25, 0.3) is 5.91 Å². The largest absolute Gasteiger partial charge is 0.457 e. The molecule has 2 amide bonds. The number of likely N-dealkylation sites (tertiary alicyclic amines) is 1. The van der Waals surface area contributed by atoms with E-state index >= 15 is 0 Å². The Balaban J connectivity index is 1.24. The first-order valence-electron chi connectivity index (χ1n) is 10.3. The maximum absolute atomic E-state index is 12.8. The predicted molar refractivity (Wildman–Crippen MR) is 120 cm³/mol. The van der Waals surface area contributed by atoms with Crippen molar-refractivity contribution in [3.05, 3.63) is 78.1 Å². The lowest BCUT2D eigenvalue weighted by Gasteiger charge is -2.24. The first-order valence-corrected chi connectivity index (χ1v) is 11.1. The van der Waals surface area contributed by atoms with E-state index in [0.29, 0.717) is 30.0 Å². The molecule has 5 rings (SSSR count). The summed E-state index contributed by atoms with van der Waals surface area (Å²) in [6.07, 6.45) is 1.48. The van der Waals surface area contributed by atoms with Crippen molar-refractivity contribution < 1.29 is 14.0 Å². The van der Waals surface area contributed by atoms with Crippen LogP contribution < -0.4 is 5.32 Å². The number of fused-ring (bicyclic) bond motifs is 1. The third-order valence-electron chi connectivity index (χ3n) is 5.44. The molecule has 2 aromatic heterocycles. The fraction of sp³-hybridized carbons (Fsp3) is 0.208. The van der Waals surface area contributed by atoms with Gasteiger partial charge >= 0.3 is 0 Å². The quantitative estimate of drug-likeness (QED) is 0.506. The Morgan fingerprint density at radius 2 is 1.87 bits per heavy atom. The number of benzene rings is 2. The first kappa shape index (κ1) is 19.5. The number of thiazole rings is 1. The summed E-state index contributed by atoms with van der Waals surface area (Å²) >= 11 is 1.57. The standard InChI is InChI=1S/C24H21N3O3S/c28-22(19-10-6-14-27(19)24(29)16-7-2-1-3-8-16)25-15-17-12-13-20(30-17)23-26-18-9-4-5-11-21(18)31-23/h1-5,7-9,11-13,19H,6,10,14-15H2,(H,25,28)/t19-/m0/s1. The number of carbonyl (C=O) groups is 2. The lowest BCUT2D eigenvalue weighted by molar-refractivity contribution is -0.125. The minimum atomic E-state index is -0.452. The zero-order valence-electron chi connectivity index (χ0n) is 16.8. The lowest BCUT2D eigenvalue weighted by atomic mass is 10.1. The highest BCUT2D eigenvalue weighted by atomic mass is 32.1. The molecule has 3 heterocycles. The molecule has 1 saturated heterocycles. The van der Waals surface area contributed by atoms with Crippen LogP contribution in [0.2, 0.25) is 0 Å². The van der Waals surface area contributed by atoms with Gasteiger partial charge in [0.05, 0.1) is 16.8 Å². The lowest BCUT2D eigenvalue weighted by Crippen LogP contribution is -2.45. The van der Waals surface area contributed by atoms with Gasteiger partial charge < -0.3 is 14.6 Å². The number of aromatic nitrogens is 1. The second-order valence-corrected chi connectivity index (χ2v) is 8.52. The summed E-state index contributed by atoms with van der Waals surface area (Å²) in [7, 11) is 0. The van der Waals surface area contributed by atoms with Crippen LogP contribution in [0.25, 0.3) is 21.0 Å². The molecule has 0 bridgehead atoms. The Morgan fingerprint density at radius 1 is 1.06 bits per heavy atom. The Hall–Kier alpha value is -3.45. The highest BCUT2D eigenvalue weighted by molar-refractivity contribution is 7.21. The van der Waals surface area contributed by atoms with Crippen LogP contribution in [0.5, 0.6) is 0 Å². The van der Waals surface area contributed by atoms with Gasteiger partial charge in [0.2, 0.25) is 5.91 Å². The second-order valence-electron chi connectivity index (χ2n) is 7.49. The monoisotopic (exact) mass is 431 g/mol. The van der Waals surface area contributed by atoms with Crippen LogP contribution in [0.1, 0.15) is 29.0 Å². The molecule has 7 heteroatoms. The number of nitrogens with one attached hydrogen (secondary N) is 1. The van der Waals surface area contributed by atoms with Crippen LogP contribution in [0.3, 0.4) is 0 Å². The maximum atomic E-state index is 12.8. The molecule has 4 aromatic rings. The molecule has 0 spiro atoms. The number of furan rings is 1. The van der Waals surface area contributed by atoms with Crippen molar-refractivity contribution in [3.8, 4) is 10.8 Å². The number of carbonyl (C=O) groups excluding carboxylic acids is 2. The van der Waals surface area contributed by atoms with Crippen molar-refractivity contribution in [2.45, 2.75) is 25.4 Å². The smallest absolute Gasteiger partial charge is 0.254 e. The highest BCUT2D eigenvalue weighted by Crippen LogP contribution is 2.31. The van der Waals surface area contributed by atoms with Gasteiger partial charge in [0, 0.05) is 12.1 Å². The number of para-hydroxylation sites is 1. The zero-order chi connectivity index (χ0) is 21.2. The van der Waals surface area contributed by atoms with E-state index in [0.717, 1.165) is 21.6 Å². The van der Waals surface area contributed by atoms with Crippen LogP contribution in [0.15, 0.2) is 71.1 Å². The van der Waals surface area contributed by atoms with Crippen LogP contribution >= 0.6 is 11.3 Å². The SMILES string of the molecule is O=C(NCc1ccc(-c2nc3ccccc3s2)o1)[C@@H]1CCCN1C(=O)c1ccccc1. The summed E-state index contributed by atoms with van der Waals surface area (Å²) in [4.78, 5) is 31.9. The maximum Gasteiger partial charge on any atom is 0.254 e. The molecule has 31 heavy (non-hydrogen) atoms. The van der Waals surface area contributed by atoms with Gasteiger partial charge in [0.15, 0.2) is 10.8 Å². The third kappa shape index (κ3) is 3.96. The van der Waals surface area contributed by atoms with E-state index in [9.17, 15) is 9.59 Å². The van der Waals surface area contributed by atoms with Gasteiger partial charge in [-0.05, 0) is 49.2 Å². The van der Waals surface area contributed by atoms with E-state index in [1.165, 1.54) is 0 Å². The average molecular weight is 432 g/mol. The summed E-state index contributed by atoms with van der Waals surface area (Å²) in [5.41, 5.74) is 1.55. The molecule has 1 aliphatic rings. The summed E-state index contributed by atoms with van der Waals surface area (Å²) in [5.74, 6) is 1.09. The molecule has 0 unspecified atom stereocenters. The molecule has 0 aliphatic carbocycles. The van der Waals surface area contributed by atoms with E-state index in [-0.39, 0.29) is 18.4 Å². The van der Waals surface area contributed by atoms with Crippen LogP contribution in [0.4, 0.5) is 0 Å². The van der Waals surface area contributed by atoms with Gasteiger partial charge in [-0.3, -0.25) is 9.59 Å². The van der Waals surface area contributed by atoms with Crippen molar-refractivity contribution in [3.63, 3.8) is 0 Å². The number of nitrogens with zero attached hydrogens (tertiary/aromatic N) is 2. The Kier molecular flexibility index (Phi) is 5.26. The van der Waals surface area contributed by atoms with Crippen LogP contribution in [-0.4, -0.2) is 34.3 Å². The normalized spacial score (nSPS) is 16.0. The second kappa shape index (κ2) is 8.35. The minimum Gasteiger partial charge on any atom is -0.457 e. The summed E-state index contributed by atoms with van der Waals surface area (Å²) < 4.78 is 7.01. The topological polar surface area (TPSA) is 75.4 Å². The molecule has 0 saturated carbocycles. The summed E-state index contributed by atoms with van der Waals surface area (Å²) in [6, 6.07) is 20.3. The van der Waals surface area contributed by atoms with Crippen molar-refractivity contribution in [1.29, 1.82) is 0 Å². The molecule has 2 aromatic carbocycles. The average Bonchev–Trinajstić information content (AvgIpc) is 3.56. The number of amides is 2. The van der Waals surface area contributed by atoms with Crippen LogP contribution in [-0.2, 0) is 11.3 Å². The first-order chi connectivity index (χ1) is 15.2. The Labute approximate surface area is 183 Å². The van der Waals surface area contributed by atoms with E-state index < -0.39 is 6.04 Å². The van der Waals surface area contributed by atoms with Crippen LogP contribution in [0, 0.1) is 0 Å². The van der Waals surface area contributed by atoms with E-state index in [4.69, 9.17) is 4.42 Å². The van der Waals surface area contributed by atoms with Gasteiger partial charge in [0.1, 0.15) is 11.8 Å². The highest BCUT2D eigenvalue weighted by Gasteiger charge is 2.34. The molecule has 1 atom stereocenters. The molecule has 1 aliphatic heterocycles.